The molecule has 1 aromatic carbocycles. The molecule has 2 rings (SSSR count). The van der Waals surface area contributed by atoms with Crippen molar-refractivity contribution in [1.82, 2.24) is 0 Å². The van der Waals surface area contributed by atoms with Gasteiger partial charge in [0.1, 0.15) is 29.3 Å². The normalized spacial score (nSPS) is 14.8. The van der Waals surface area contributed by atoms with Crippen LogP contribution in [0.3, 0.4) is 0 Å². The molecule has 32 heavy (non-hydrogen) atoms. The Morgan fingerprint density at radius 3 is 2.41 bits per heavy atom. The van der Waals surface area contributed by atoms with Crippen molar-refractivity contribution in [2.75, 3.05) is 20.3 Å². The Morgan fingerprint density at radius 2 is 1.91 bits per heavy atom. The molecule has 0 fully saturated rings. The van der Waals surface area contributed by atoms with Crippen molar-refractivity contribution >= 4 is 19.5 Å². The van der Waals surface area contributed by atoms with Gasteiger partial charge in [-0.3, -0.25) is 9.36 Å². The maximum absolute atomic E-state index is 13.2. The van der Waals surface area contributed by atoms with Crippen LogP contribution in [0.4, 0.5) is 0 Å². The van der Waals surface area contributed by atoms with Gasteiger partial charge in [-0.25, -0.2) is 4.79 Å². The van der Waals surface area contributed by atoms with E-state index >= 15 is 0 Å². The third-order valence-corrected chi connectivity index (χ3v) is 7.92. The molecule has 0 saturated carbocycles. The number of phenols is 1. The van der Waals surface area contributed by atoms with E-state index in [1.165, 1.54) is 7.11 Å². The number of hydrogen-bond donors (Lipinski definition) is 2. The summed E-state index contributed by atoms with van der Waals surface area (Å²) < 4.78 is 34.4. The van der Waals surface area contributed by atoms with E-state index < -0.39 is 25.1 Å². The number of benzene rings is 1. The van der Waals surface area contributed by atoms with Crippen LogP contribution in [0.1, 0.15) is 60.7 Å². The predicted molar refractivity (Wildman–Crippen MR) is 119 cm³/mol. The number of amides is 1. The molecule has 1 unspecified atom stereocenters. The van der Waals surface area contributed by atoms with Crippen molar-refractivity contribution in [2.24, 2.45) is 5.73 Å². The Labute approximate surface area is 188 Å². The number of nitrogens with two attached hydrogens (primary N) is 1. The summed E-state index contributed by atoms with van der Waals surface area (Å²) in [4.78, 5) is 24.2. The second-order valence-electron chi connectivity index (χ2n) is 7.33. The molecule has 1 atom stereocenters. The summed E-state index contributed by atoms with van der Waals surface area (Å²) in [6, 6.07) is 0. The second-order valence-corrected chi connectivity index (χ2v) is 9.55. The van der Waals surface area contributed by atoms with Gasteiger partial charge < -0.3 is 29.4 Å². The van der Waals surface area contributed by atoms with E-state index in [1.807, 2.05) is 13.0 Å². The van der Waals surface area contributed by atoms with Crippen LogP contribution in [0.5, 0.6) is 11.5 Å². The minimum absolute atomic E-state index is 0.0815. The molecular formula is C22H32NO8P. The Bertz CT molecular complexity index is 946. The molecule has 1 heterocycles. The van der Waals surface area contributed by atoms with Crippen molar-refractivity contribution in [1.29, 1.82) is 0 Å². The summed E-state index contributed by atoms with van der Waals surface area (Å²) in [6.45, 7) is 7.33. The zero-order valence-corrected chi connectivity index (χ0v) is 20.1. The molecule has 0 aromatic heterocycles. The number of esters is 1. The molecule has 1 aliphatic heterocycles. The van der Waals surface area contributed by atoms with Gasteiger partial charge in [0, 0.05) is 11.1 Å². The molecule has 0 aliphatic carbocycles. The van der Waals surface area contributed by atoms with Gasteiger partial charge >= 0.3 is 13.6 Å². The molecule has 3 N–H and O–H groups in total. The van der Waals surface area contributed by atoms with Gasteiger partial charge in [-0.1, -0.05) is 18.6 Å². The first kappa shape index (κ1) is 25.9. The van der Waals surface area contributed by atoms with E-state index in [9.17, 15) is 19.3 Å². The standard InChI is InChI=1S/C22H32NO8P/c1-6-14(11-17(21(23)25)32(27,30-7-2)31-8-3)9-10-15-19(24)18-16(12-29-22(18)26)13(4)20(15)28-5/h9,17,24H,6-8,10-12H2,1-5H3,(H2,23,25)/b14-9+. The average Bonchev–Trinajstić information content (AvgIpc) is 3.13. The number of methoxy groups -OCH3 is 1. The van der Waals surface area contributed by atoms with Crippen LogP contribution in [0.15, 0.2) is 11.6 Å². The molecule has 0 saturated heterocycles. The fourth-order valence-electron chi connectivity index (χ4n) is 3.84. The highest BCUT2D eigenvalue weighted by molar-refractivity contribution is 7.55. The van der Waals surface area contributed by atoms with Crippen LogP contribution in [-0.2, 0) is 36.2 Å². The van der Waals surface area contributed by atoms with E-state index in [0.717, 1.165) is 11.1 Å². The molecule has 9 nitrogen and oxygen atoms in total. The van der Waals surface area contributed by atoms with Crippen molar-refractivity contribution in [3.05, 3.63) is 33.9 Å². The van der Waals surface area contributed by atoms with E-state index in [1.54, 1.807) is 20.8 Å². The van der Waals surface area contributed by atoms with Gasteiger partial charge in [0.05, 0.1) is 20.3 Å². The lowest BCUT2D eigenvalue weighted by Gasteiger charge is -2.25. The minimum atomic E-state index is -3.75. The number of rotatable bonds is 12. The van der Waals surface area contributed by atoms with Crippen LogP contribution in [0.2, 0.25) is 0 Å². The zero-order chi connectivity index (χ0) is 24.1. The Hall–Kier alpha value is -2.35. The highest BCUT2D eigenvalue weighted by atomic mass is 31.2. The predicted octanol–water partition coefficient (Wildman–Crippen LogP) is 3.77. The Balaban J connectivity index is 2.42. The first-order valence-corrected chi connectivity index (χ1v) is 12.2. The Kier molecular flexibility index (Phi) is 8.89. The number of hydrogen-bond acceptors (Lipinski definition) is 8. The van der Waals surface area contributed by atoms with Gasteiger partial charge in [0.15, 0.2) is 0 Å². The highest BCUT2D eigenvalue weighted by Crippen LogP contribution is 2.55. The van der Waals surface area contributed by atoms with Crippen LogP contribution in [0.25, 0.3) is 0 Å². The molecule has 10 heteroatoms. The lowest BCUT2D eigenvalue weighted by atomic mass is 9.94. The summed E-state index contributed by atoms with van der Waals surface area (Å²) in [5, 5.41) is 10.8. The molecule has 1 aromatic rings. The number of aromatic hydroxyl groups is 1. The number of carbonyl (C=O) groups is 2. The van der Waals surface area contributed by atoms with Gasteiger partial charge in [-0.05, 0) is 45.6 Å². The molecule has 1 amide bonds. The zero-order valence-electron chi connectivity index (χ0n) is 19.2. The van der Waals surface area contributed by atoms with Crippen LogP contribution in [0, 0.1) is 6.92 Å². The van der Waals surface area contributed by atoms with Crippen molar-refractivity contribution < 1.29 is 37.8 Å². The smallest absolute Gasteiger partial charge is 0.343 e. The van der Waals surface area contributed by atoms with Crippen molar-refractivity contribution in [2.45, 2.75) is 59.2 Å². The maximum Gasteiger partial charge on any atom is 0.343 e. The summed E-state index contributed by atoms with van der Waals surface area (Å²) in [5.74, 6) is -1.07. The lowest BCUT2D eigenvalue weighted by Crippen LogP contribution is -2.30. The number of cyclic esters (lactones) is 1. The molecule has 0 spiro atoms. The van der Waals surface area contributed by atoms with E-state index in [0.29, 0.717) is 23.3 Å². The van der Waals surface area contributed by atoms with Crippen molar-refractivity contribution in [3.8, 4) is 11.5 Å². The van der Waals surface area contributed by atoms with E-state index in [-0.39, 0.29) is 44.0 Å². The van der Waals surface area contributed by atoms with Gasteiger partial charge in [-0.2, -0.15) is 0 Å². The quantitative estimate of drug-likeness (QED) is 0.268. The fraction of sp³-hybridized carbons (Fsp3) is 0.545. The first-order chi connectivity index (χ1) is 15.1. The summed E-state index contributed by atoms with van der Waals surface area (Å²) in [7, 11) is -2.26. The van der Waals surface area contributed by atoms with Gasteiger partial charge in [0.2, 0.25) is 5.91 Å². The largest absolute Gasteiger partial charge is 0.507 e. The Morgan fingerprint density at radius 1 is 1.28 bits per heavy atom. The van der Waals surface area contributed by atoms with Crippen LogP contribution in [-0.4, -0.2) is 43.0 Å². The van der Waals surface area contributed by atoms with E-state index in [2.05, 4.69) is 0 Å². The lowest BCUT2D eigenvalue weighted by molar-refractivity contribution is -0.118. The number of fused-ring (bicyclic) bond motifs is 1. The number of ether oxygens (including phenoxy) is 2. The van der Waals surface area contributed by atoms with Gasteiger partial charge in [0.25, 0.3) is 0 Å². The fourth-order valence-corrected chi connectivity index (χ4v) is 5.76. The van der Waals surface area contributed by atoms with Crippen molar-refractivity contribution in [3.63, 3.8) is 0 Å². The SMILES string of the molecule is CCOP(=O)(OCC)C(C/C(=C/Cc1c(O)c2c(c(C)c1OC)COC2=O)CC)C(N)=O. The summed E-state index contributed by atoms with van der Waals surface area (Å²) >= 11 is 0. The molecule has 178 valence electrons. The summed E-state index contributed by atoms with van der Waals surface area (Å²) in [5.41, 5.74) is 7.10. The number of carbonyl (C=O) groups excluding carboxylic acids is 2. The van der Waals surface area contributed by atoms with Gasteiger partial charge in [-0.15, -0.1) is 0 Å². The van der Waals surface area contributed by atoms with Crippen LogP contribution < -0.4 is 10.5 Å². The minimum Gasteiger partial charge on any atom is -0.507 e. The molecular weight excluding hydrogens is 437 g/mol. The average molecular weight is 469 g/mol. The van der Waals surface area contributed by atoms with E-state index in [4.69, 9.17) is 24.3 Å². The highest BCUT2D eigenvalue weighted by Gasteiger charge is 2.40. The number of primary amides is 1. The second kappa shape index (κ2) is 11.0. The number of allylic oxidation sites excluding steroid dienone is 2. The molecule has 0 bridgehead atoms. The third kappa shape index (κ3) is 5.17. The molecule has 0 radical (unpaired) electrons. The first-order valence-electron chi connectivity index (χ1n) is 10.6. The maximum atomic E-state index is 13.2. The number of phenolic OH excluding ortho intramolecular Hbond substituents is 1. The third-order valence-electron chi connectivity index (χ3n) is 5.48. The topological polar surface area (TPSA) is 134 Å². The summed E-state index contributed by atoms with van der Waals surface area (Å²) in [6.07, 6.45) is 2.65. The van der Waals surface area contributed by atoms with Crippen LogP contribution >= 0.6 is 7.60 Å². The monoisotopic (exact) mass is 469 g/mol. The molecule has 1 aliphatic rings.